The molecule has 0 saturated carbocycles. The molecule has 130 valence electrons. The number of rotatable bonds is 5. The van der Waals surface area contributed by atoms with Crippen molar-refractivity contribution in [3.8, 4) is 0 Å². The molecule has 0 spiro atoms. The molecule has 0 bridgehead atoms. The van der Waals surface area contributed by atoms with Crippen LogP contribution in [0.25, 0.3) is 0 Å². The Morgan fingerprint density at radius 3 is 2.21 bits per heavy atom. The molecule has 2 aromatic carbocycles. The van der Waals surface area contributed by atoms with E-state index in [1.165, 1.54) is 44.4 Å². The molecule has 0 unspecified atom stereocenters. The van der Waals surface area contributed by atoms with Crippen LogP contribution >= 0.6 is 11.6 Å². The average molecular weight is 389 g/mol. The van der Waals surface area contributed by atoms with Crippen LogP contribution < -0.4 is 4.72 Å². The zero-order chi connectivity index (χ0) is 18.1. The van der Waals surface area contributed by atoms with E-state index in [0.29, 0.717) is 10.6 Å². The lowest BCUT2D eigenvalue weighted by Gasteiger charge is -2.15. The molecule has 9 heteroatoms. The molecular formula is C15H17ClN2O4S2. The molecule has 0 aliphatic carbocycles. The van der Waals surface area contributed by atoms with Crippen LogP contribution in [0, 0.1) is 6.92 Å². The van der Waals surface area contributed by atoms with Crippen molar-refractivity contribution in [1.82, 2.24) is 4.31 Å². The number of hydrogen-bond donors (Lipinski definition) is 1. The summed E-state index contributed by atoms with van der Waals surface area (Å²) in [7, 11) is -4.73. The molecule has 6 nitrogen and oxygen atoms in total. The second-order valence-corrected chi connectivity index (χ2v) is 9.60. The minimum Gasteiger partial charge on any atom is -0.279 e. The number of benzene rings is 2. The summed E-state index contributed by atoms with van der Waals surface area (Å²) in [5.41, 5.74) is 0.788. The van der Waals surface area contributed by atoms with Gasteiger partial charge in [0.05, 0.1) is 15.5 Å². The summed E-state index contributed by atoms with van der Waals surface area (Å²) in [6.07, 6.45) is 0. The highest BCUT2D eigenvalue weighted by molar-refractivity contribution is 7.92. The highest BCUT2D eigenvalue weighted by atomic mass is 35.5. The largest absolute Gasteiger partial charge is 0.279 e. The minimum absolute atomic E-state index is 0.00175. The van der Waals surface area contributed by atoms with Crippen molar-refractivity contribution in [1.29, 1.82) is 0 Å². The standard InChI is InChI=1S/C15H17ClN2O4S2/c1-11-7-8-14(24(21,22)18(2)3)10-15(11)17-23(19,20)13-6-4-5-12(16)9-13/h4-10,17H,1-3H3. The van der Waals surface area contributed by atoms with Gasteiger partial charge in [-0.25, -0.2) is 21.1 Å². The minimum atomic E-state index is -3.88. The van der Waals surface area contributed by atoms with Crippen LogP contribution in [0.4, 0.5) is 5.69 Å². The summed E-state index contributed by atoms with van der Waals surface area (Å²) in [4.78, 5) is -0.00263. The van der Waals surface area contributed by atoms with E-state index in [1.54, 1.807) is 19.1 Å². The van der Waals surface area contributed by atoms with Crippen molar-refractivity contribution < 1.29 is 16.8 Å². The van der Waals surface area contributed by atoms with Crippen LogP contribution in [0.5, 0.6) is 0 Å². The van der Waals surface area contributed by atoms with Gasteiger partial charge in [-0.2, -0.15) is 0 Å². The van der Waals surface area contributed by atoms with Crippen molar-refractivity contribution in [3.05, 3.63) is 53.1 Å². The summed E-state index contributed by atoms with van der Waals surface area (Å²) >= 11 is 5.83. The normalized spacial score (nSPS) is 12.4. The van der Waals surface area contributed by atoms with Gasteiger partial charge >= 0.3 is 0 Å². The van der Waals surface area contributed by atoms with Crippen LogP contribution in [0.1, 0.15) is 5.56 Å². The van der Waals surface area contributed by atoms with E-state index in [1.807, 2.05) is 0 Å². The lowest BCUT2D eigenvalue weighted by molar-refractivity contribution is 0.520. The summed E-state index contributed by atoms with van der Waals surface area (Å²) in [6, 6.07) is 10.1. The van der Waals surface area contributed by atoms with E-state index >= 15 is 0 Å². The van der Waals surface area contributed by atoms with E-state index in [0.717, 1.165) is 4.31 Å². The van der Waals surface area contributed by atoms with Crippen molar-refractivity contribution in [2.24, 2.45) is 0 Å². The Bertz CT molecular complexity index is 971. The van der Waals surface area contributed by atoms with Crippen molar-refractivity contribution in [3.63, 3.8) is 0 Å². The maximum absolute atomic E-state index is 12.5. The SMILES string of the molecule is Cc1ccc(S(=O)(=O)N(C)C)cc1NS(=O)(=O)c1cccc(Cl)c1. The second-order valence-electron chi connectivity index (χ2n) is 5.33. The van der Waals surface area contributed by atoms with Gasteiger partial charge in [0, 0.05) is 19.1 Å². The molecule has 24 heavy (non-hydrogen) atoms. The Morgan fingerprint density at radius 2 is 1.62 bits per heavy atom. The Labute approximate surface area is 147 Å². The Morgan fingerprint density at radius 1 is 0.958 bits per heavy atom. The van der Waals surface area contributed by atoms with Gasteiger partial charge in [0.25, 0.3) is 10.0 Å². The zero-order valence-corrected chi connectivity index (χ0v) is 15.7. The molecule has 0 atom stereocenters. The zero-order valence-electron chi connectivity index (χ0n) is 13.3. The van der Waals surface area contributed by atoms with Crippen LogP contribution in [0.15, 0.2) is 52.3 Å². The number of nitrogens with one attached hydrogen (secondary N) is 1. The molecule has 0 fully saturated rings. The molecule has 2 aromatic rings. The van der Waals surface area contributed by atoms with Gasteiger partial charge in [-0.15, -0.1) is 0 Å². The molecule has 0 aliphatic heterocycles. The number of anilines is 1. The first-order chi connectivity index (χ1) is 11.0. The molecule has 0 amide bonds. The van der Waals surface area contributed by atoms with Crippen LogP contribution in [0.2, 0.25) is 5.02 Å². The van der Waals surface area contributed by atoms with Gasteiger partial charge in [0.2, 0.25) is 10.0 Å². The van der Waals surface area contributed by atoms with E-state index in [4.69, 9.17) is 11.6 Å². The first-order valence-corrected chi connectivity index (χ1v) is 10.2. The second kappa shape index (κ2) is 6.72. The van der Waals surface area contributed by atoms with Gasteiger partial charge in [0.15, 0.2) is 0 Å². The summed E-state index contributed by atoms with van der Waals surface area (Å²) < 4.78 is 52.8. The molecule has 0 radical (unpaired) electrons. The maximum atomic E-state index is 12.5. The van der Waals surface area contributed by atoms with Crippen LogP contribution in [-0.2, 0) is 20.0 Å². The van der Waals surface area contributed by atoms with Crippen LogP contribution in [0.3, 0.4) is 0 Å². The highest BCUT2D eigenvalue weighted by Gasteiger charge is 2.20. The fourth-order valence-electron chi connectivity index (χ4n) is 1.92. The topological polar surface area (TPSA) is 83.6 Å². The number of sulfonamides is 2. The fraction of sp³-hybridized carbons (Fsp3) is 0.200. The van der Waals surface area contributed by atoms with Gasteiger partial charge in [0.1, 0.15) is 0 Å². The maximum Gasteiger partial charge on any atom is 0.261 e. The van der Waals surface area contributed by atoms with Gasteiger partial charge in [-0.1, -0.05) is 23.7 Å². The predicted octanol–water partition coefficient (Wildman–Crippen LogP) is 2.70. The van der Waals surface area contributed by atoms with Crippen molar-refractivity contribution >= 4 is 37.3 Å². The van der Waals surface area contributed by atoms with Crippen molar-refractivity contribution in [2.75, 3.05) is 18.8 Å². The third kappa shape index (κ3) is 3.89. The van der Waals surface area contributed by atoms with Crippen LogP contribution in [-0.4, -0.2) is 35.2 Å². The van der Waals surface area contributed by atoms with E-state index in [2.05, 4.69) is 4.72 Å². The van der Waals surface area contributed by atoms with Gasteiger partial charge in [-0.05, 0) is 42.8 Å². The fourth-order valence-corrected chi connectivity index (χ4v) is 4.27. The predicted molar refractivity (Wildman–Crippen MR) is 94.3 cm³/mol. The number of hydrogen-bond acceptors (Lipinski definition) is 4. The molecule has 0 heterocycles. The Kier molecular flexibility index (Phi) is 5.24. The number of halogens is 1. The quantitative estimate of drug-likeness (QED) is 0.853. The number of nitrogens with zero attached hydrogens (tertiary/aromatic N) is 1. The average Bonchev–Trinajstić information content (AvgIpc) is 2.49. The lowest BCUT2D eigenvalue weighted by atomic mass is 10.2. The lowest BCUT2D eigenvalue weighted by Crippen LogP contribution is -2.22. The Hall–Kier alpha value is -1.61. The summed E-state index contributed by atoms with van der Waals surface area (Å²) in [5, 5.41) is 0.290. The molecular weight excluding hydrogens is 372 g/mol. The summed E-state index contributed by atoms with van der Waals surface area (Å²) in [6.45, 7) is 1.68. The van der Waals surface area contributed by atoms with E-state index in [-0.39, 0.29) is 15.5 Å². The molecule has 0 aliphatic rings. The molecule has 0 aromatic heterocycles. The first kappa shape index (κ1) is 18.7. The highest BCUT2D eigenvalue weighted by Crippen LogP contribution is 2.25. The van der Waals surface area contributed by atoms with E-state index < -0.39 is 20.0 Å². The third-order valence-electron chi connectivity index (χ3n) is 3.34. The monoisotopic (exact) mass is 388 g/mol. The van der Waals surface area contributed by atoms with Crippen molar-refractivity contribution in [2.45, 2.75) is 16.7 Å². The van der Waals surface area contributed by atoms with Gasteiger partial charge < -0.3 is 0 Å². The smallest absolute Gasteiger partial charge is 0.261 e. The molecule has 2 rings (SSSR count). The molecule has 0 saturated heterocycles. The number of aryl methyl sites for hydroxylation is 1. The third-order valence-corrected chi connectivity index (χ3v) is 6.75. The van der Waals surface area contributed by atoms with E-state index in [9.17, 15) is 16.8 Å². The first-order valence-electron chi connectivity index (χ1n) is 6.85. The Balaban J connectivity index is 2.47. The molecule has 1 N–H and O–H groups in total. The van der Waals surface area contributed by atoms with Gasteiger partial charge in [-0.3, -0.25) is 4.72 Å². The summed E-state index contributed by atoms with van der Waals surface area (Å²) in [5.74, 6) is 0.